The molecular weight excluding hydrogens is 1260 g/mol. The highest BCUT2D eigenvalue weighted by Crippen LogP contribution is 2.45. The smallest absolute Gasteiger partial charge is 0.462 e. The van der Waals surface area contributed by atoms with E-state index in [9.17, 15) is 43.2 Å². The first-order valence-corrected chi connectivity index (χ1v) is 42.7. The summed E-state index contributed by atoms with van der Waals surface area (Å²) in [5.41, 5.74) is 0. The normalized spacial score (nSPS) is 14.4. The molecule has 0 aromatic rings. The third kappa shape index (κ3) is 69.2. The van der Waals surface area contributed by atoms with Crippen LogP contribution >= 0.6 is 15.6 Å². The van der Waals surface area contributed by atoms with Crippen LogP contribution in [0.15, 0.2) is 0 Å². The minimum absolute atomic E-state index is 0.106. The molecule has 0 rings (SSSR count). The maximum absolute atomic E-state index is 13.1. The highest BCUT2D eigenvalue weighted by atomic mass is 31.2. The molecule has 0 aliphatic heterocycles. The van der Waals surface area contributed by atoms with Crippen molar-refractivity contribution in [2.75, 3.05) is 39.6 Å². The Morgan fingerprint density at radius 2 is 0.500 bits per heavy atom. The number of ether oxygens (including phenoxy) is 4. The minimum Gasteiger partial charge on any atom is -0.462 e. The Labute approximate surface area is 588 Å². The number of esters is 4. The fourth-order valence-electron chi connectivity index (χ4n) is 11.7. The minimum atomic E-state index is -4.96. The molecule has 0 aromatic heterocycles. The molecule has 6 atom stereocenters. The number of carbonyl (C=O) groups excluding carboxylic acids is 4. The molecule has 96 heavy (non-hydrogen) atoms. The van der Waals surface area contributed by atoms with Crippen LogP contribution in [-0.4, -0.2) is 96.7 Å². The first kappa shape index (κ1) is 94.1. The second kappa shape index (κ2) is 66.3. The molecule has 0 saturated carbocycles. The van der Waals surface area contributed by atoms with E-state index >= 15 is 0 Å². The van der Waals surface area contributed by atoms with E-state index in [0.29, 0.717) is 25.7 Å². The Bertz CT molecular complexity index is 1890. The number of hydrogen-bond acceptors (Lipinski definition) is 15. The van der Waals surface area contributed by atoms with Crippen LogP contribution < -0.4 is 0 Å². The molecule has 570 valence electrons. The van der Waals surface area contributed by atoms with Crippen LogP contribution in [0.2, 0.25) is 0 Å². The van der Waals surface area contributed by atoms with Crippen LogP contribution in [0.4, 0.5) is 0 Å². The van der Waals surface area contributed by atoms with Gasteiger partial charge in [0.25, 0.3) is 0 Å². The number of phosphoric ester groups is 2. The third-order valence-corrected chi connectivity index (χ3v) is 20.1. The van der Waals surface area contributed by atoms with E-state index in [0.717, 1.165) is 120 Å². The van der Waals surface area contributed by atoms with Gasteiger partial charge in [-0.25, -0.2) is 9.13 Å². The van der Waals surface area contributed by atoms with Crippen molar-refractivity contribution in [2.24, 2.45) is 23.7 Å². The van der Waals surface area contributed by atoms with Gasteiger partial charge in [0.05, 0.1) is 26.4 Å². The highest BCUT2D eigenvalue weighted by Gasteiger charge is 2.30. The summed E-state index contributed by atoms with van der Waals surface area (Å²) in [6.45, 7) is 14.2. The van der Waals surface area contributed by atoms with Crippen molar-refractivity contribution in [1.82, 2.24) is 0 Å². The molecule has 0 aliphatic rings. The lowest BCUT2D eigenvalue weighted by Crippen LogP contribution is -2.30. The first-order valence-electron chi connectivity index (χ1n) is 39.7. The Morgan fingerprint density at radius 1 is 0.292 bits per heavy atom. The van der Waals surface area contributed by atoms with Crippen molar-refractivity contribution in [2.45, 2.75) is 408 Å². The van der Waals surface area contributed by atoms with E-state index in [4.69, 9.17) is 37.0 Å². The molecule has 0 aliphatic carbocycles. The lowest BCUT2D eigenvalue weighted by atomic mass is 10.00. The molecule has 17 nitrogen and oxygen atoms in total. The van der Waals surface area contributed by atoms with Gasteiger partial charge in [0.2, 0.25) is 0 Å². The van der Waals surface area contributed by atoms with Gasteiger partial charge in [-0.3, -0.25) is 37.3 Å². The van der Waals surface area contributed by atoms with Gasteiger partial charge in [0.1, 0.15) is 19.3 Å². The van der Waals surface area contributed by atoms with Crippen molar-refractivity contribution >= 4 is 39.5 Å². The molecule has 0 bridgehead atoms. The number of hydrogen-bond donors (Lipinski definition) is 3. The Morgan fingerprint density at radius 3 is 0.740 bits per heavy atom. The van der Waals surface area contributed by atoms with Crippen LogP contribution in [0.1, 0.15) is 389 Å². The summed E-state index contributed by atoms with van der Waals surface area (Å²) in [4.78, 5) is 72.9. The zero-order chi connectivity index (χ0) is 71.0. The Kier molecular flexibility index (Phi) is 65.0. The topological polar surface area (TPSA) is 237 Å². The van der Waals surface area contributed by atoms with E-state index in [1.165, 1.54) is 186 Å². The average molecular weight is 1410 g/mol. The molecule has 0 radical (unpaired) electrons. The van der Waals surface area contributed by atoms with Gasteiger partial charge >= 0.3 is 39.5 Å². The highest BCUT2D eigenvalue weighted by molar-refractivity contribution is 7.47. The molecule has 0 amide bonds. The Hall–Kier alpha value is -1.94. The molecule has 0 saturated heterocycles. The largest absolute Gasteiger partial charge is 0.472 e. The second-order valence-electron chi connectivity index (χ2n) is 29.4. The average Bonchev–Trinajstić information content (AvgIpc) is 1.16. The van der Waals surface area contributed by atoms with Crippen LogP contribution in [0, 0.1) is 23.7 Å². The monoisotopic (exact) mass is 1410 g/mol. The van der Waals surface area contributed by atoms with Crippen LogP contribution in [0.25, 0.3) is 0 Å². The van der Waals surface area contributed by atoms with Crippen molar-refractivity contribution in [3.8, 4) is 0 Å². The predicted molar refractivity (Wildman–Crippen MR) is 391 cm³/mol. The number of rotatable bonds is 74. The van der Waals surface area contributed by atoms with E-state index in [1.54, 1.807) is 0 Å². The van der Waals surface area contributed by atoms with Crippen LogP contribution in [0.5, 0.6) is 0 Å². The summed E-state index contributed by atoms with van der Waals surface area (Å²) in [6.07, 6.45) is 51.3. The lowest BCUT2D eigenvalue weighted by Gasteiger charge is -2.21. The van der Waals surface area contributed by atoms with Crippen molar-refractivity contribution in [3.05, 3.63) is 0 Å². The van der Waals surface area contributed by atoms with E-state index in [-0.39, 0.29) is 25.7 Å². The predicted octanol–water partition coefficient (Wildman–Crippen LogP) is 22.4. The van der Waals surface area contributed by atoms with E-state index in [2.05, 4.69) is 55.4 Å². The van der Waals surface area contributed by atoms with Gasteiger partial charge in [-0.1, -0.05) is 338 Å². The molecule has 19 heteroatoms. The number of carbonyl (C=O) groups is 4. The van der Waals surface area contributed by atoms with Crippen molar-refractivity contribution in [1.29, 1.82) is 0 Å². The number of phosphoric acid groups is 2. The molecule has 0 heterocycles. The zero-order valence-corrected chi connectivity index (χ0v) is 64.8. The SMILES string of the molecule is CCC(C)CCCCCCCCC(=O)OC[C@H](COP(=O)(O)OC[C@H](O)COP(=O)(O)OC[C@@H](COC(=O)CCCCCCCCCCCCCC(C)C)OC(=O)CCCCCCCCCCCCCCCCC(C)C)OC(=O)CCCCCCCCCCCCCCC(C)C. The fourth-order valence-corrected chi connectivity index (χ4v) is 13.3. The second-order valence-corrected chi connectivity index (χ2v) is 32.3. The number of aliphatic hydroxyl groups excluding tert-OH is 1. The number of unbranched alkanes of at least 4 members (excludes halogenated alkanes) is 39. The molecule has 3 N–H and O–H groups in total. The van der Waals surface area contributed by atoms with Crippen molar-refractivity contribution in [3.63, 3.8) is 0 Å². The Balaban J connectivity index is 5.26. The van der Waals surface area contributed by atoms with Gasteiger partial charge < -0.3 is 33.8 Å². The zero-order valence-electron chi connectivity index (χ0n) is 63.0. The van der Waals surface area contributed by atoms with Crippen molar-refractivity contribution < 1.29 is 80.2 Å². The lowest BCUT2D eigenvalue weighted by molar-refractivity contribution is -0.161. The summed E-state index contributed by atoms with van der Waals surface area (Å²) in [6, 6.07) is 0. The first-order chi connectivity index (χ1) is 46.1. The summed E-state index contributed by atoms with van der Waals surface area (Å²) < 4.78 is 68.6. The molecule has 0 fully saturated rings. The molecular formula is C77H150O17P2. The molecule has 0 spiro atoms. The maximum Gasteiger partial charge on any atom is 0.472 e. The number of aliphatic hydroxyl groups is 1. The maximum atomic E-state index is 13.1. The fraction of sp³-hybridized carbons (Fsp3) is 0.948. The molecule has 0 aromatic carbocycles. The quantitative estimate of drug-likeness (QED) is 0.0222. The summed E-state index contributed by atoms with van der Waals surface area (Å²) in [5, 5.41) is 10.6. The summed E-state index contributed by atoms with van der Waals surface area (Å²) >= 11 is 0. The van der Waals surface area contributed by atoms with Gasteiger partial charge in [0.15, 0.2) is 12.2 Å². The van der Waals surface area contributed by atoms with Gasteiger partial charge in [-0.2, -0.15) is 0 Å². The van der Waals surface area contributed by atoms with Crippen LogP contribution in [0.3, 0.4) is 0 Å². The van der Waals surface area contributed by atoms with Gasteiger partial charge in [-0.15, -0.1) is 0 Å². The van der Waals surface area contributed by atoms with Crippen LogP contribution in [-0.2, 0) is 65.4 Å². The van der Waals surface area contributed by atoms with Gasteiger partial charge in [0, 0.05) is 25.7 Å². The molecule has 3 unspecified atom stereocenters. The third-order valence-electron chi connectivity index (χ3n) is 18.2. The summed E-state index contributed by atoms with van der Waals surface area (Å²) in [5.74, 6) is 0.954. The van der Waals surface area contributed by atoms with E-state index < -0.39 is 97.5 Å². The standard InChI is InChI=1S/C77H150O17P2/c1-9-70(8)56-48-40-35-36-42-50-58-75(80)88-64-73(94-77(82)60-52-44-34-28-21-15-14-18-24-30-38-46-54-68(4)5)66-92-96(85,86)90-62-71(78)61-89-95(83,84)91-65-72(63-87-74(79)57-49-41-32-26-22-16-19-25-31-39-47-55-69(6)7)93-76(81)59-51-43-33-27-20-13-11-10-12-17-23-29-37-45-53-67(2)3/h67-73,78H,9-66H2,1-8H3,(H,83,84)(H,85,86)/t70?,71-,72-,73-/m1/s1. The summed E-state index contributed by atoms with van der Waals surface area (Å²) in [7, 11) is -9.92. The van der Waals surface area contributed by atoms with Gasteiger partial charge in [-0.05, 0) is 49.4 Å². The van der Waals surface area contributed by atoms with E-state index in [1.807, 2.05) is 0 Å².